The van der Waals surface area contributed by atoms with E-state index in [0.717, 1.165) is 23.2 Å². The molecule has 1 aromatic heterocycles. The Morgan fingerprint density at radius 2 is 1.84 bits per heavy atom. The molecule has 3 aromatic rings. The van der Waals surface area contributed by atoms with Crippen LogP contribution in [0.1, 0.15) is 16.7 Å². The summed E-state index contributed by atoms with van der Waals surface area (Å²) in [6, 6.07) is 12.6. The third-order valence-electron chi connectivity index (χ3n) is 3.81. The highest BCUT2D eigenvalue weighted by atomic mass is 19.1. The average Bonchev–Trinajstić information content (AvgIpc) is 2.60. The van der Waals surface area contributed by atoms with Gasteiger partial charge in [-0.1, -0.05) is 29.8 Å². The number of rotatable bonds is 6. The molecule has 0 saturated carbocycles. The van der Waals surface area contributed by atoms with Crippen molar-refractivity contribution in [3.63, 3.8) is 0 Å². The zero-order valence-electron chi connectivity index (χ0n) is 14.3. The van der Waals surface area contributed by atoms with E-state index in [1.165, 1.54) is 17.7 Å². The lowest BCUT2D eigenvalue weighted by Gasteiger charge is -2.10. The molecular weight excluding hydrogens is 317 g/mol. The van der Waals surface area contributed by atoms with Crippen molar-refractivity contribution in [1.29, 1.82) is 0 Å². The molecule has 0 aliphatic carbocycles. The number of anilines is 3. The fraction of sp³-hybridized carbons (Fsp3) is 0.211. The molecule has 128 valence electrons. The predicted octanol–water partition coefficient (Wildman–Crippen LogP) is 4.03. The smallest absolute Gasteiger partial charge is 0.244 e. The second-order valence-corrected chi connectivity index (χ2v) is 5.91. The third kappa shape index (κ3) is 4.73. The van der Waals surface area contributed by atoms with Gasteiger partial charge in [-0.25, -0.2) is 4.39 Å². The normalized spacial score (nSPS) is 10.5. The second kappa shape index (κ2) is 7.70. The Balaban J connectivity index is 1.60. The van der Waals surface area contributed by atoms with Crippen LogP contribution < -0.4 is 10.6 Å². The van der Waals surface area contributed by atoms with Crippen LogP contribution in [0.4, 0.5) is 21.8 Å². The fourth-order valence-electron chi connectivity index (χ4n) is 2.50. The molecule has 1 heterocycles. The first kappa shape index (κ1) is 16.8. The summed E-state index contributed by atoms with van der Waals surface area (Å²) in [7, 11) is 0. The summed E-state index contributed by atoms with van der Waals surface area (Å²) in [5.74, 6) is 0.859. The minimum absolute atomic E-state index is 0.227. The number of halogens is 1. The van der Waals surface area contributed by atoms with E-state index in [0.29, 0.717) is 18.3 Å². The molecule has 2 N–H and O–H groups in total. The Labute approximate surface area is 146 Å². The van der Waals surface area contributed by atoms with Crippen molar-refractivity contribution >= 4 is 17.5 Å². The van der Waals surface area contributed by atoms with Gasteiger partial charge < -0.3 is 10.6 Å². The minimum Gasteiger partial charge on any atom is -0.353 e. The molecule has 6 heteroatoms. The van der Waals surface area contributed by atoms with Gasteiger partial charge in [-0.05, 0) is 49.6 Å². The lowest BCUT2D eigenvalue weighted by molar-refractivity contribution is 0.627. The first-order valence-electron chi connectivity index (χ1n) is 8.12. The highest BCUT2D eigenvalue weighted by molar-refractivity contribution is 5.60. The van der Waals surface area contributed by atoms with Gasteiger partial charge >= 0.3 is 0 Å². The molecule has 25 heavy (non-hydrogen) atoms. The SMILES string of the molecule is Cc1ccc(Nc2cnnc(NCCc3ccc(F)cc3)n2)c(C)c1. The predicted molar refractivity (Wildman–Crippen MR) is 97.6 cm³/mol. The second-order valence-electron chi connectivity index (χ2n) is 5.91. The maximum absolute atomic E-state index is 12.9. The van der Waals surface area contributed by atoms with Crippen LogP contribution in [0.3, 0.4) is 0 Å². The van der Waals surface area contributed by atoms with E-state index in [-0.39, 0.29) is 5.82 Å². The molecule has 0 atom stereocenters. The molecular formula is C19H20FN5. The molecule has 3 rings (SSSR count). The summed E-state index contributed by atoms with van der Waals surface area (Å²) in [5.41, 5.74) is 4.39. The van der Waals surface area contributed by atoms with E-state index in [9.17, 15) is 4.39 Å². The maximum atomic E-state index is 12.9. The van der Waals surface area contributed by atoms with Gasteiger partial charge in [0.05, 0.1) is 6.20 Å². The third-order valence-corrected chi connectivity index (χ3v) is 3.81. The van der Waals surface area contributed by atoms with Crippen LogP contribution in [0.25, 0.3) is 0 Å². The van der Waals surface area contributed by atoms with Crippen LogP contribution in [0.15, 0.2) is 48.7 Å². The zero-order chi connectivity index (χ0) is 17.6. The van der Waals surface area contributed by atoms with Gasteiger partial charge in [0.25, 0.3) is 0 Å². The van der Waals surface area contributed by atoms with E-state index >= 15 is 0 Å². The molecule has 0 saturated heterocycles. The van der Waals surface area contributed by atoms with Crippen LogP contribution in [0, 0.1) is 19.7 Å². The number of aryl methyl sites for hydroxylation is 2. The molecule has 0 aliphatic heterocycles. The van der Waals surface area contributed by atoms with Gasteiger partial charge in [-0.3, -0.25) is 0 Å². The Morgan fingerprint density at radius 3 is 2.60 bits per heavy atom. The number of nitrogens with zero attached hydrogens (tertiary/aromatic N) is 3. The van der Waals surface area contributed by atoms with Gasteiger partial charge in [0.2, 0.25) is 5.95 Å². The first-order valence-corrected chi connectivity index (χ1v) is 8.12. The zero-order valence-corrected chi connectivity index (χ0v) is 14.3. The van der Waals surface area contributed by atoms with E-state index in [4.69, 9.17) is 0 Å². The highest BCUT2D eigenvalue weighted by Crippen LogP contribution is 2.20. The Morgan fingerprint density at radius 1 is 1.04 bits per heavy atom. The van der Waals surface area contributed by atoms with Gasteiger partial charge in [-0.15, -0.1) is 5.10 Å². The van der Waals surface area contributed by atoms with E-state index < -0.39 is 0 Å². The van der Waals surface area contributed by atoms with Crippen LogP contribution in [0.2, 0.25) is 0 Å². The van der Waals surface area contributed by atoms with Crippen molar-refractivity contribution < 1.29 is 4.39 Å². The van der Waals surface area contributed by atoms with E-state index in [2.05, 4.69) is 38.8 Å². The van der Waals surface area contributed by atoms with Crippen molar-refractivity contribution in [3.8, 4) is 0 Å². The number of hydrogen-bond acceptors (Lipinski definition) is 5. The van der Waals surface area contributed by atoms with Crippen molar-refractivity contribution in [1.82, 2.24) is 15.2 Å². The van der Waals surface area contributed by atoms with Gasteiger partial charge in [0.1, 0.15) is 5.82 Å². The van der Waals surface area contributed by atoms with Crippen molar-refractivity contribution in [2.45, 2.75) is 20.3 Å². The summed E-state index contributed by atoms with van der Waals surface area (Å²) in [6.45, 7) is 4.75. The molecule has 0 spiro atoms. The summed E-state index contributed by atoms with van der Waals surface area (Å²) < 4.78 is 12.9. The van der Waals surface area contributed by atoms with Gasteiger partial charge in [0, 0.05) is 12.2 Å². The lowest BCUT2D eigenvalue weighted by Crippen LogP contribution is -2.10. The number of aromatic nitrogens is 3. The van der Waals surface area contributed by atoms with Gasteiger partial charge in [0.15, 0.2) is 5.82 Å². The monoisotopic (exact) mass is 337 g/mol. The summed E-state index contributed by atoms with van der Waals surface area (Å²) >= 11 is 0. The van der Waals surface area contributed by atoms with E-state index in [1.54, 1.807) is 18.3 Å². The number of benzene rings is 2. The lowest BCUT2D eigenvalue weighted by atomic mass is 10.1. The Kier molecular flexibility index (Phi) is 5.18. The molecule has 0 radical (unpaired) electrons. The average molecular weight is 337 g/mol. The Bertz CT molecular complexity index is 849. The van der Waals surface area contributed by atoms with Crippen molar-refractivity contribution in [2.24, 2.45) is 0 Å². The molecule has 2 aromatic carbocycles. The summed E-state index contributed by atoms with van der Waals surface area (Å²) in [6.07, 6.45) is 2.34. The van der Waals surface area contributed by atoms with Crippen LogP contribution in [0.5, 0.6) is 0 Å². The van der Waals surface area contributed by atoms with Crippen LogP contribution >= 0.6 is 0 Å². The standard InChI is InChI=1S/C19H20FN5/c1-13-3-8-17(14(2)11-13)23-18-12-22-25-19(24-18)21-10-9-15-4-6-16(20)7-5-15/h3-8,11-12H,9-10H2,1-2H3,(H2,21,23,24,25). The molecule has 0 fully saturated rings. The molecule has 0 aliphatic rings. The van der Waals surface area contributed by atoms with E-state index in [1.807, 2.05) is 19.1 Å². The number of hydrogen-bond donors (Lipinski definition) is 2. The molecule has 5 nitrogen and oxygen atoms in total. The first-order chi connectivity index (χ1) is 12.1. The van der Waals surface area contributed by atoms with Gasteiger partial charge in [-0.2, -0.15) is 10.1 Å². The maximum Gasteiger partial charge on any atom is 0.244 e. The van der Waals surface area contributed by atoms with Crippen molar-refractivity contribution in [2.75, 3.05) is 17.2 Å². The Hall–Kier alpha value is -3.02. The molecule has 0 unspecified atom stereocenters. The molecule has 0 bridgehead atoms. The topological polar surface area (TPSA) is 62.7 Å². The fourth-order valence-corrected chi connectivity index (χ4v) is 2.50. The van der Waals surface area contributed by atoms with Crippen LogP contribution in [-0.2, 0) is 6.42 Å². The van der Waals surface area contributed by atoms with Crippen molar-refractivity contribution in [3.05, 3.63) is 71.2 Å². The van der Waals surface area contributed by atoms with Crippen LogP contribution in [-0.4, -0.2) is 21.7 Å². The largest absolute Gasteiger partial charge is 0.353 e. The minimum atomic E-state index is -0.227. The summed E-state index contributed by atoms with van der Waals surface area (Å²) in [4.78, 5) is 4.42. The highest BCUT2D eigenvalue weighted by Gasteiger charge is 2.04. The molecule has 0 amide bonds. The number of nitrogens with one attached hydrogen (secondary N) is 2. The quantitative estimate of drug-likeness (QED) is 0.711. The summed E-state index contributed by atoms with van der Waals surface area (Å²) in [5, 5.41) is 14.4.